The summed E-state index contributed by atoms with van der Waals surface area (Å²) in [6.07, 6.45) is 2.41. The first-order valence-corrected chi connectivity index (χ1v) is 14.4. The molecule has 204 valence electrons. The second-order valence-electron chi connectivity index (χ2n) is 9.49. The Morgan fingerprint density at radius 2 is 1.82 bits per heavy atom. The Labute approximate surface area is 246 Å². The molecule has 8 heteroatoms. The molecule has 0 saturated carbocycles. The van der Waals surface area contributed by atoms with Gasteiger partial charge in [0.15, 0.2) is 11.5 Å². The number of halogens is 2. The van der Waals surface area contributed by atoms with Crippen molar-refractivity contribution in [3.8, 4) is 11.5 Å². The highest BCUT2D eigenvalue weighted by Crippen LogP contribution is 2.37. The molecule has 5 aromatic rings. The average molecular weight is 619 g/mol. The molecule has 0 radical (unpaired) electrons. The van der Waals surface area contributed by atoms with E-state index >= 15 is 0 Å². The number of aromatic nitrogens is 2. The summed E-state index contributed by atoms with van der Waals surface area (Å²) < 4.78 is 14.3. The molecule has 5 rings (SSSR count). The van der Waals surface area contributed by atoms with Crippen molar-refractivity contribution in [2.75, 3.05) is 6.61 Å². The van der Waals surface area contributed by atoms with E-state index in [1.165, 1.54) is 4.68 Å². The fourth-order valence-electron chi connectivity index (χ4n) is 4.54. The van der Waals surface area contributed by atoms with Gasteiger partial charge in [0, 0.05) is 10.4 Å². The molecular weight excluding hydrogens is 590 g/mol. The van der Waals surface area contributed by atoms with Crippen LogP contribution in [0.15, 0.2) is 87.2 Å². The standard InChI is InChI=1S/C32H29BrClN3O3/c1-4-20(3)31-36-28-14-13-24(33)17-26(28)32(38)37(31)35-18-21-15-27(34)30(29(16-21)39-5-2)40-19-23-11-8-10-22-9-6-7-12-25(22)23/h6-18,20H,4-5,19H2,1-3H3/t20-/m0/s1. The van der Waals surface area contributed by atoms with E-state index in [0.29, 0.717) is 52.0 Å². The number of hydrogen-bond donors (Lipinski definition) is 0. The number of rotatable bonds is 9. The summed E-state index contributed by atoms with van der Waals surface area (Å²) in [6.45, 7) is 6.76. The van der Waals surface area contributed by atoms with Crippen molar-refractivity contribution >= 4 is 55.4 Å². The lowest BCUT2D eigenvalue weighted by molar-refractivity contribution is 0.270. The Morgan fingerprint density at radius 3 is 2.62 bits per heavy atom. The molecule has 1 aromatic heterocycles. The molecule has 0 N–H and O–H groups in total. The minimum absolute atomic E-state index is 0.0327. The molecular formula is C32H29BrClN3O3. The highest BCUT2D eigenvalue weighted by Gasteiger charge is 2.17. The van der Waals surface area contributed by atoms with E-state index in [4.69, 9.17) is 26.1 Å². The van der Waals surface area contributed by atoms with E-state index in [-0.39, 0.29) is 11.5 Å². The van der Waals surface area contributed by atoms with Crippen LogP contribution < -0.4 is 15.0 Å². The Balaban J connectivity index is 1.50. The number of hydrogen-bond acceptors (Lipinski definition) is 5. The molecule has 0 aliphatic rings. The molecule has 1 heterocycles. The maximum Gasteiger partial charge on any atom is 0.282 e. The van der Waals surface area contributed by atoms with Gasteiger partial charge in [-0.25, -0.2) is 4.98 Å². The SMILES string of the molecule is CCOc1cc(C=Nn2c([C@@H](C)CC)nc3ccc(Br)cc3c2=O)cc(Cl)c1OCc1cccc2ccccc12. The third kappa shape index (κ3) is 5.76. The van der Waals surface area contributed by atoms with Crippen LogP contribution in [0.3, 0.4) is 0 Å². The lowest BCUT2D eigenvalue weighted by Gasteiger charge is -2.16. The van der Waals surface area contributed by atoms with Gasteiger partial charge < -0.3 is 9.47 Å². The third-order valence-corrected chi connectivity index (χ3v) is 7.57. The fourth-order valence-corrected chi connectivity index (χ4v) is 5.17. The minimum atomic E-state index is -0.232. The van der Waals surface area contributed by atoms with Crippen molar-refractivity contribution in [2.24, 2.45) is 5.10 Å². The largest absolute Gasteiger partial charge is 0.490 e. The zero-order chi connectivity index (χ0) is 28.2. The van der Waals surface area contributed by atoms with E-state index in [1.807, 2.05) is 56.3 Å². The van der Waals surface area contributed by atoms with E-state index in [1.54, 1.807) is 18.3 Å². The molecule has 0 spiro atoms. The molecule has 40 heavy (non-hydrogen) atoms. The molecule has 6 nitrogen and oxygen atoms in total. The van der Waals surface area contributed by atoms with Crippen LogP contribution in [0.4, 0.5) is 0 Å². The van der Waals surface area contributed by atoms with Gasteiger partial charge in [0.1, 0.15) is 12.4 Å². The number of fused-ring (bicyclic) bond motifs is 2. The lowest BCUT2D eigenvalue weighted by atomic mass is 10.1. The van der Waals surface area contributed by atoms with Gasteiger partial charge in [-0.05, 0) is 65.6 Å². The van der Waals surface area contributed by atoms with Crippen LogP contribution in [-0.2, 0) is 6.61 Å². The van der Waals surface area contributed by atoms with Crippen LogP contribution in [0, 0.1) is 0 Å². The van der Waals surface area contributed by atoms with E-state index < -0.39 is 0 Å². The fraction of sp³-hybridized carbons (Fsp3) is 0.219. The molecule has 0 aliphatic carbocycles. The van der Waals surface area contributed by atoms with Crippen molar-refractivity contribution < 1.29 is 9.47 Å². The van der Waals surface area contributed by atoms with Crippen molar-refractivity contribution in [3.63, 3.8) is 0 Å². The summed E-state index contributed by atoms with van der Waals surface area (Å²) in [5.41, 5.74) is 2.13. The summed E-state index contributed by atoms with van der Waals surface area (Å²) in [7, 11) is 0. The highest BCUT2D eigenvalue weighted by molar-refractivity contribution is 9.10. The molecule has 0 amide bonds. The summed E-state index contributed by atoms with van der Waals surface area (Å²) in [5.74, 6) is 1.60. The Morgan fingerprint density at radius 1 is 1.02 bits per heavy atom. The summed E-state index contributed by atoms with van der Waals surface area (Å²) in [5, 5.41) is 7.73. The second-order valence-corrected chi connectivity index (χ2v) is 10.8. The van der Waals surface area contributed by atoms with Crippen LogP contribution in [-0.4, -0.2) is 22.5 Å². The van der Waals surface area contributed by atoms with Crippen LogP contribution in [0.1, 0.15) is 50.1 Å². The normalized spacial score (nSPS) is 12.3. The number of benzene rings is 4. The predicted octanol–water partition coefficient (Wildman–Crippen LogP) is 8.34. The maximum absolute atomic E-state index is 13.5. The molecule has 1 atom stereocenters. The van der Waals surface area contributed by atoms with Crippen LogP contribution in [0.25, 0.3) is 21.7 Å². The molecule has 0 saturated heterocycles. The molecule has 0 fully saturated rings. The van der Waals surface area contributed by atoms with Gasteiger partial charge in [0.05, 0.1) is 28.7 Å². The first kappa shape index (κ1) is 27.9. The van der Waals surface area contributed by atoms with Gasteiger partial charge in [-0.1, -0.05) is 83.8 Å². The highest BCUT2D eigenvalue weighted by atomic mass is 79.9. The van der Waals surface area contributed by atoms with Gasteiger partial charge >= 0.3 is 0 Å². The summed E-state index contributed by atoms with van der Waals surface area (Å²) in [6, 6.07) is 23.4. The number of ether oxygens (including phenoxy) is 2. The smallest absolute Gasteiger partial charge is 0.282 e. The Bertz CT molecular complexity index is 1780. The predicted molar refractivity (Wildman–Crippen MR) is 166 cm³/mol. The van der Waals surface area contributed by atoms with Gasteiger partial charge in [-0.15, -0.1) is 0 Å². The Kier molecular flexibility index (Phi) is 8.52. The molecule has 0 bridgehead atoms. The van der Waals surface area contributed by atoms with Crippen LogP contribution >= 0.6 is 27.5 Å². The monoisotopic (exact) mass is 617 g/mol. The maximum atomic E-state index is 13.5. The lowest BCUT2D eigenvalue weighted by Crippen LogP contribution is -2.23. The Hall–Kier alpha value is -3.68. The molecule has 0 aliphatic heterocycles. The van der Waals surface area contributed by atoms with Crippen molar-refractivity contribution in [3.05, 3.63) is 110 Å². The van der Waals surface area contributed by atoms with E-state index in [9.17, 15) is 4.79 Å². The topological polar surface area (TPSA) is 65.7 Å². The van der Waals surface area contributed by atoms with Crippen LogP contribution in [0.2, 0.25) is 5.02 Å². The first-order valence-electron chi connectivity index (χ1n) is 13.2. The van der Waals surface area contributed by atoms with Crippen LogP contribution in [0.5, 0.6) is 11.5 Å². The first-order chi connectivity index (χ1) is 19.4. The van der Waals surface area contributed by atoms with Crippen molar-refractivity contribution in [1.29, 1.82) is 0 Å². The van der Waals surface area contributed by atoms with Crippen molar-refractivity contribution in [2.45, 2.75) is 39.7 Å². The average Bonchev–Trinajstić information content (AvgIpc) is 2.96. The van der Waals surface area contributed by atoms with Crippen molar-refractivity contribution in [1.82, 2.24) is 9.66 Å². The zero-order valence-electron chi connectivity index (χ0n) is 22.5. The quantitative estimate of drug-likeness (QED) is 0.156. The van der Waals surface area contributed by atoms with Gasteiger partial charge in [0.25, 0.3) is 5.56 Å². The van der Waals surface area contributed by atoms with E-state index in [0.717, 1.165) is 27.2 Å². The zero-order valence-corrected chi connectivity index (χ0v) is 24.9. The second kappa shape index (κ2) is 12.2. The molecule has 0 unspecified atom stereocenters. The minimum Gasteiger partial charge on any atom is -0.490 e. The van der Waals surface area contributed by atoms with Gasteiger partial charge in [0.2, 0.25) is 0 Å². The van der Waals surface area contributed by atoms with E-state index in [2.05, 4.69) is 46.2 Å². The summed E-state index contributed by atoms with van der Waals surface area (Å²) in [4.78, 5) is 18.2. The van der Waals surface area contributed by atoms with Gasteiger partial charge in [-0.3, -0.25) is 4.79 Å². The summed E-state index contributed by atoms with van der Waals surface area (Å²) >= 11 is 10.2. The van der Waals surface area contributed by atoms with Gasteiger partial charge in [-0.2, -0.15) is 9.78 Å². The third-order valence-electron chi connectivity index (χ3n) is 6.79. The molecule has 4 aromatic carbocycles. The number of nitrogens with zero attached hydrogens (tertiary/aromatic N) is 3.